The van der Waals surface area contributed by atoms with Crippen molar-refractivity contribution < 1.29 is 20.1 Å². The van der Waals surface area contributed by atoms with Gasteiger partial charge in [-0.05, 0) is 0 Å². The summed E-state index contributed by atoms with van der Waals surface area (Å²) in [5, 5.41) is 27.4. The Hall–Kier alpha value is -0.515. The average Bonchev–Trinajstić information content (AvgIpc) is 2.31. The molecule has 0 spiro atoms. The van der Waals surface area contributed by atoms with Crippen LogP contribution in [0.2, 0.25) is 0 Å². The van der Waals surface area contributed by atoms with Crippen LogP contribution in [-0.4, -0.2) is 48.1 Å². The summed E-state index contributed by atoms with van der Waals surface area (Å²) in [6.07, 6.45) is -1.10. The van der Waals surface area contributed by atoms with E-state index < -0.39 is 18.3 Å². The van der Waals surface area contributed by atoms with E-state index in [0.29, 0.717) is 5.76 Å². The van der Waals surface area contributed by atoms with E-state index >= 15 is 0 Å². The fourth-order valence-corrected chi connectivity index (χ4v) is 1.00. The van der Waals surface area contributed by atoms with Gasteiger partial charge in [0.05, 0.1) is 6.61 Å². The zero-order valence-corrected chi connectivity index (χ0v) is 6.32. The van der Waals surface area contributed by atoms with E-state index in [1.165, 1.54) is 0 Å². The van der Waals surface area contributed by atoms with Gasteiger partial charge in [0, 0.05) is 0 Å². The minimum absolute atomic E-state index is 0.0513. The van der Waals surface area contributed by atoms with E-state index in [9.17, 15) is 10.2 Å². The van der Waals surface area contributed by atoms with E-state index in [-0.39, 0.29) is 6.61 Å². The third kappa shape index (κ3) is 1.27. The topological polar surface area (TPSA) is 69.9 Å². The molecule has 0 bridgehead atoms. The summed E-state index contributed by atoms with van der Waals surface area (Å²) in [6, 6.07) is 0. The first-order chi connectivity index (χ1) is 5.14. The monoisotopic (exact) mass is 158 g/mol. The van der Waals surface area contributed by atoms with Crippen molar-refractivity contribution in [3.05, 3.63) is 11.7 Å². The Balaban J connectivity index is 2.77. The predicted octanol–water partition coefficient (Wildman–Crippen LogP) is -2.42. The molecule has 4 nitrogen and oxygen atoms in total. The highest BCUT2D eigenvalue weighted by Gasteiger charge is 2.44. The van der Waals surface area contributed by atoms with Crippen LogP contribution in [-0.2, 0) is 4.74 Å². The second-order valence-electron chi connectivity index (χ2n) is 2.64. The van der Waals surface area contributed by atoms with Gasteiger partial charge in [0.1, 0.15) is 26.3 Å². The molecule has 1 aliphatic rings. The van der Waals surface area contributed by atoms with Crippen LogP contribution >= 0.6 is 0 Å². The Bertz CT molecular complexity index is 181. The molecule has 2 unspecified atom stereocenters. The maximum atomic E-state index is 9.40. The average molecular weight is 158 g/mol. The summed E-state index contributed by atoms with van der Waals surface area (Å²) < 4.78 is 4.92. The third-order valence-corrected chi connectivity index (χ3v) is 1.83. The normalized spacial score (nSPS) is 41.0. The Labute approximate surface area is 65.5 Å². The molecule has 1 saturated heterocycles. The van der Waals surface area contributed by atoms with Crippen molar-refractivity contribution in [1.29, 1.82) is 0 Å². The zero-order valence-electron chi connectivity index (χ0n) is 6.32. The smallest absolute Gasteiger partial charge is 0.154 e. The summed E-state index contributed by atoms with van der Waals surface area (Å²) in [5.74, 6) is 1.89. The van der Waals surface area contributed by atoms with Crippen LogP contribution in [0, 0.1) is 0 Å². The predicted molar refractivity (Wildman–Crippen MR) is 40.6 cm³/mol. The molecule has 5 heteroatoms. The van der Waals surface area contributed by atoms with E-state index in [1.54, 1.807) is 13.8 Å². The van der Waals surface area contributed by atoms with Crippen LogP contribution in [0.3, 0.4) is 0 Å². The highest BCUT2D eigenvalue weighted by atomic mass is 16.5. The van der Waals surface area contributed by atoms with Crippen molar-refractivity contribution in [3.63, 3.8) is 0 Å². The van der Waals surface area contributed by atoms with E-state index in [1.807, 2.05) is 0 Å². The molecule has 62 valence electrons. The van der Waals surface area contributed by atoms with E-state index in [2.05, 4.69) is 0 Å². The molecule has 1 rings (SSSR count). The Kier molecular flexibility index (Phi) is 2.22. The van der Waals surface area contributed by atoms with Crippen LogP contribution < -0.4 is 0 Å². The highest BCUT2D eigenvalue weighted by molar-refractivity contribution is 6.17. The maximum Gasteiger partial charge on any atom is 0.154 e. The fraction of sp³-hybridized carbons (Fsp3) is 0.667. The molecule has 0 saturated carbocycles. The lowest BCUT2D eigenvalue weighted by Crippen LogP contribution is -2.44. The van der Waals surface area contributed by atoms with Gasteiger partial charge in [-0.25, -0.2) is 0 Å². The molecule has 0 aromatic rings. The summed E-state index contributed by atoms with van der Waals surface area (Å²) in [4.78, 5) is 0. The van der Waals surface area contributed by atoms with Crippen molar-refractivity contribution in [2.24, 2.45) is 0 Å². The van der Waals surface area contributed by atoms with Gasteiger partial charge < -0.3 is 20.1 Å². The van der Waals surface area contributed by atoms with E-state index in [0.717, 1.165) is 0 Å². The minimum Gasteiger partial charge on any atom is -0.493 e. The number of ether oxygens (including phenoxy) is 1. The van der Waals surface area contributed by atoms with Crippen LogP contribution in [0.1, 0.15) is 0 Å². The van der Waals surface area contributed by atoms with Crippen molar-refractivity contribution >= 4 is 7.85 Å². The molecule has 1 aliphatic heterocycles. The lowest BCUT2D eigenvalue weighted by atomic mass is 9.97. The number of aliphatic hydroxyl groups excluding tert-OH is 2. The molecule has 0 aromatic heterocycles. The first-order valence-corrected chi connectivity index (χ1v) is 3.44. The van der Waals surface area contributed by atoms with Crippen molar-refractivity contribution in [2.75, 3.05) is 13.2 Å². The Morgan fingerprint density at radius 2 is 2.45 bits per heavy atom. The Morgan fingerprint density at radius 3 is 2.73 bits per heavy atom. The number of rotatable bonds is 1. The zero-order chi connectivity index (χ0) is 8.48. The molecule has 0 aromatic carbocycles. The number of aliphatic hydroxyl groups is 3. The van der Waals surface area contributed by atoms with Gasteiger partial charge in [0.2, 0.25) is 0 Å². The SMILES string of the molecule is B/C=C1/OCC(O)(CO)C1O. The molecular formula is C6H11BO4. The minimum atomic E-state index is -1.51. The summed E-state index contributed by atoms with van der Waals surface area (Å²) >= 11 is 0. The van der Waals surface area contributed by atoms with Crippen LogP contribution in [0.15, 0.2) is 11.7 Å². The molecular weight excluding hydrogens is 147 g/mol. The van der Waals surface area contributed by atoms with Gasteiger partial charge in [0.25, 0.3) is 0 Å². The fourth-order valence-electron chi connectivity index (χ4n) is 1.00. The largest absolute Gasteiger partial charge is 0.493 e. The standard InChI is InChI=1S/C6H11BO4/c7-1-4-5(9)6(10,2-8)3-11-4/h1,5,8-10H,2-3,7H2/b4-1+. The van der Waals surface area contributed by atoms with Crippen LogP contribution in [0.25, 0.3) is 0 Å². The van der Waals surface area contributed by atoms with Gasteiger partial charge in [-0.15, -0.1) is 0 Å². The maximum absolute atomic E-state index is 9.40. The molecule has 1 fully saturated rings. The van der Waals surface area contributed by atoms with Crippen molar-refractivity contribution in [1.82, 2.24) is 0 Å². The number of hydrogen-bond donors (Lipinski definition) is 3. The second kappa shape index (κ2) is 2.85. The summed E-state index contributed by atoms with van der Waals surface area (Å²) in [7, 11) is 1.70. The van der Waals surface area contributed by atoms with Crippen LogP contribution in [0.5, 0.6) is 0 Å². The van der Waals surface area contributed by atoms with Gasteiger partial charge >= 0.3 is 0 Å². The molecule has 0 radical (unpaired) electrons. The molecule has 0 aliphatic carbocycles. The molecule has 3 N–H and O–H groups in total. The van der Waals surface area contributed by atoms with Crippen molar-refractivity contribution in [2.45, 2.75) is 11.7 Å². The second-order valence-corrected chi connectivity index (χ2v) is 2.64. The van der Waals surface area contributed by atoms with Gasteiger partial charge in [-0.2, -0.15) is 0 Å². The first kappa shape index (κ1) is 8.58. The van der Waals surface area contributed by atoms with Gasteiger partial charge in [-0.3, -0.25) is 0 Å². The summed E-state index contributed by atoms with van der Waals surface area (Å²) in [6.45, 7) is -0.546. The Morgan fingerprint density at radius 1 is 1.82 bits per heavy atom. The lowest BCUT2D eigenvalue weighted by Gasteiger charge is -2.19. The highest BCUT2D eigenvalue weighted by Crippen LogP contribution is 2.26. The van der Waals surface area contributed by atoms with E-state index in [4.69, 9.17) is 9.84 Å². The summed E-state index contributed by atoms with van der Waals surface area (Å²) in [5.41, 5.74) is -1.51. The van der Waals surface area contributed by atoms with Crippen LogP contribution in [0.4, 0.5) is 0 Å². The quantitative estimate of drug-likeness (QED) is 0.371. The molecule has 11 heavy (non-hydrogen) atoms. The van der Waals surface area contributed by atoms with Gasteiger partial charge in [0.15, 0.2) is 5.60 Å². The number of hydrogen-bond acceptors (Lipinski definition) is 4. The molecule has 1 heterocycles. The first-order valence-electron chi connectivity index (χ1n) is 3.44. The van der Waals surface area contributed by atoms with Gasteiger partial charge in [-0.1, -0.05) is 5.98 Å². The molecule has 2 atom stereocenters. The van der Waals surface area contributed by atoms with Crippen molar-refractivity contribution in [3.8, 4) is 0 Å². The third-order valence-electron chi connectivity index (χ3n) is 1.83. The lowest BCUT2D eigenvalue weighted by molar-refractivity contribution is -0.0749. The molecule has 0 amide bonds.